The molecule has 0 bridgehead atoms. The lowest BCUT2D eigenvalue weighted by Crippen LogP contribution is -2.12. The molecule has 1 aliphatic rings. The van der Waals surface area contributed by atoms with Gasteiger partial charge in [-0.15, -0.1) is 0 Å². The monoisotopic (exact) mass is 333 g/mol. The molecule has 20 heavy (non-hydrogen) atoms. The van der Waals surface area contributed by atoms with Crippen LogP contribution in [0.4, 0.5) is 5.69 Å². The summed E-state index contributed by atoms with van der Waals surface area (Å²) in [5, 5.41) is 2.89. The van der Waals surface area contributed by atoms with Gasteiger partial charge >= 0.3 is 0 Å². The lowest BCUT2D eigenvalue weighted by atomic mass is 10.1. The van der Waals surface area contributed by atoms with Gasteiger partial charge in [0.15, 0.2) is 11.5 Å². The average molecular weight is 334 g/mol. The largest absolute Gasteiger partial charge is 0.454 e. The Morgan fingerprint density at radius 2 is 1.95 bits per heavy atom. The number of amides is 1. The Bertz CT molecular complexity index is 685. The lowest BCUT2D eigenvalue weighted by Gasteiger charge is -2.09. The molecule has 0 fully saturated rings. The minimum absolute atomic E-state index is 0.172. The Hall–Kier alpha value is -2.01. The van der Waals surface area contributed by atoms with Crippen LogP contribution in [0.1, 0.15) is 15.9 Å². The van der Waals surface area contributed by atoms with Crippen molar-refractivity contribution in [1.29, 1.82) is 0 Å². The Morgan fingerprint density at radius 1 is 1.15 bits per heavy atom. The van der Waals surface area contributed by atoms with Crippen LogP contribution in [0.2, 0.25) is 0 Å². The van der Waals surface area contributed by atoms with Gasteiger partial charge in [-0.2, -0.15) is 0 Å². The van der Waals surface area contributed by atoms with E-state index in [1.165, 1.54) is 0 Å². The van der Waals surface area contributed by atoms with Crippen LogP contribution < -0.4 is 14.8 Å². The van der Waals surface area contributed by atoms with Crippen molar-refractivity contribution < 1.29 is 14.3 Å². The second-order valence-electron chi connectivity index (χ2n) is 4.48. The third kappa shape index (κ3) is 2.49. The van der Waals surface area contributed by atoms with Gasteiger partial charge in [0.1, 0.15) is 0 Å². The molecular formula is C15H12BrNO3. The molecule has 0 radical (unpaired) electrons. The molecule has 0 saturated carbocycles. The first-order valence-electron chi connectivity index (χ1n) is 6.10. The zero-order valence-corrected chi connectivity index (χ0v) is 12.4. The maximum Gasteiger partial charge on any atom is 0.255 e. The minimum Gasteiger partial charge on any atom is -0.454 e. The maximum atomic E-state index is 12.2. The Balaban J connectivity index is 1.82. The van der Waals surface area contributed by atoms with Gasteiger partial charge < -0.3 is 14.8 Å². The summed E-state index contributed by atoms with van der Waals surface area (Å²) in [6, 6.07) is 10.9. The van der Waals surface area contributed by atoms with E-state index in [1.807, 2.05) is 25.1 Å². The number of carbonyl (C=O) groups excluding carboxylic acids is 1. The highest BCUT2D eigenvalue weighted by Gasteiger charge is 2.16. The van der Waals surface area contributed by atoms with E-state index >= 15 is 0 Å². The zero-order valence-electron chi connectivity index (χ0n) is 10.8. The van der Waals surface area contributed by atoms with Crippen molar-refractivity contribution in [2.24, 2.45) is 0 Å². The summed E-state index contributed by atoms with van der Waals surface area (Å²) in [5.74, 6) is 1.10. The van der Waals surface area contributed by atoms with Crippen molar-refractivity contribution in [2.45, 2.75) is 6.92 Å². The highest BCUT2D eigenvalue weighted by Crippen LogP contribution is 2.32. The van der Waals surface area contributed by atoms with Gasteiger partial charge in [0.05, 0.1) is 0 Å². The molecule has 1 aliphatic heterocycles. The van der Waals surface area contributed by atoms with E-state index in [1.54, 1.807) is 18.2 Å². The highest BCUT2D eigenvalue weighted by molar-refractivity contribution is 9.10. The molecule has 102 valence electrons. The fraction of sp³-hybridized carbons (Fsp3) is 0.133. The molecular weight excluding hydrogens is 322 g/mol. The Labute approximate surface area is 124 Å². The number of aryl methyl sites for hydroxylation is 1. The van der Waals surface area contributed by atoms with E-state index in [0.29, 0.717) is 17.1 Å². The smallest absolute Gasteiger partial charge is 0.255 e. The van der Waals surface area contributed by atoms with E-state index in [2.05, 4.69) is 21.2 Å². The van der Waals surface area contributed by atoms with Gasteiger partial charge in [0.25, 0.3) is 5.91 Å². The fourth-order valence-electron chi connectivity index (χ4n) is 2.00. The quantitative estimate of drug-likeness (QED) is 0.910. The van der Waals surface area contributed by atoms with Crippen LogP contribution in [-0.2, 0) is 0 Å². The van der Waals surface area contributed by atoms with Crippen molar-refractivity contribution >= 4 is 27.5 Å². The van der Waals surface area contributed by atoms with Gasteiger partial charge in [-0.1, -0.05) is 15.9 Å². The predicted molar refractivity (Wildman–Crippen MR) is 79.4 cm³/mol. The molecule has 0 aromatic heterocycles. The van der Waals surface area contributed by atoms with Crippen molar-refractivity contribution in [3.8, 4) is 11.5 Å². The van der Waals surface area contributed by atoms with Crippen LogP contribution in [-0.4, -0.2) is 12.7 Å². The number of hydrogen-bond donors (Lipinski definition) is 1. The van der Waals surface area contributed by atoms with Gasteiger partial charge in [-0.05, 0) is 48.9 Å². The number of halogens is 1. The number of anilines is 1. The lowest BCUT2D eigenvalue weighted by molar-refractivity contribution is 0.102. The summed E-state index contributed by atoms with van der Waals surface area (Å²) in [7, 11) is 0. The third-order valence-corrected chi connectivity index (χ3v) is 3.56. The number of benzene rings is 2. The molecule has 0 aliphatic carbocycles. The predicted octanol–water partition coefficient (Wildman–Crippen LogP) is 3.74. The summed E-state index contributed by atoms with van der Waals surface area (Å²) in [5.41, 5.74) is 2.32. The molecule has 1 amide bonds. The van der Waals surface area contributed by atoms with Crippen LogP contribution >= 0.6 is 15.9 Å². The Morgan fingerprint density at radius 3 is 2.75 bits per heavy atom. The van der Waals surface area contributed by atoms with E-state index < -0.39 is 0 Å². The van der Waals surface area contributed by atoms with E-state index in [0.717, 1.165) is 15.7 Å². The van der Waals surface area contributed by atoms with Crippen LogP contribution in [0.3, 0.4) is 0 Å². The molecule has 0 atom stereocenters. The molecule has 3 rings (SSSR count). The highest BCUT2D eigenvalue weighted by atomic mass is 79.9. The number of carbonyl (C=O) groups is 1. The van der Waals surface area contributed by atoms with Crippen LogP contribution in [0.5, 0.6) is 11.5 Å². The molecule has 0 saturated heterocycles. The fourth-order valence-corrected chi connectivity index (χ4v) is 2.48. The molecule has 1 heterocycles. The minimum atomic E-state index is -0.172. The average Bonchev–Trinajstić information content (AvgIpc) is 2.89. The molecule has 0 unspecified atom stereocenters. The summed E-state index contributed by atoms with van der Waals surface area (Å²) >= 11 is 3.40. The van der Waals surface area contributed by atoms with Crippen molar-refractivity contribution in [1.82, 2.24) is 0 Å². The molecule has 2 aromatic rings. The first-order valence-corrected chi connectivity index (χ1v) is 6.90. The molecule has 5 heteroatoms. The number of rotatable bonds is 2. The second-order valence-corrected chi connectivity index (χ2v) is 5.40. The molecule has 0 spiro atoms. The first kappa shape index (κ1) is 13.0. The van der Waals surface area contributed by atoms with Gasteiger partial charge in [0, 0.05) is 15.7 Å². The molecule has 2 aromatic carbocycles. The first-order chi connectivity index (χ1) is 9.63. The number of ether oxygens (including phenoxy) is 2. The zero-order chi connectivity index (χ0) is 14.1. The van der Waals surface area contributed by atoms with E-state index in [9.17, 15) is 4.79 Å². The maximum absolute atomic E-state index is 12.2. The SMILES string of the molecule is Cc1cc(Br)ccc1NC(=O)c1ccc2c(c1)OCO2. The van der Waals surface area contributed by atoms with E-state index in [-0.39, 0.29) is 12.7 Å². The summed E-state index contributed by atoms with van der Waals surface area (Å²) < 4.78 is 11.5. The number of hydrogen-bond acceptors (Lipinski definition) is 3. The van der Waals surface area contributed by atoms with Crippen molar-refractivity contribution in [3.63, 3.8) is 0 Å². The number of nitrogens with one attached hydrogen (secondary N) is 1. The standard InChI is InChI=1S/C15H12BrNO3/c1-9-6-11(16)3-4-12(9)17-15(18)10-2-5-13-14(7-10)20-8-19-13/h2-7H,8H2,1H3,(H,17,18). The topological polar surface area (TPSA) is 47.6 Å². The molecule has 1 N–H and O–H groups in total. The Kier molecular flexibility index (Phi) is 3.36. The van der Waals surface area contributed by atoms with Crippen LogP contribution in [0.15, 0.2) is 40.9 Å². The molecule has 4 nitrogen and oxygen atoms in total. The number of fused-ring (bicyclic) bond motifs is 1. The third-order valence-electron chi connectivity index (χ3n) is 3.07. The van der Waals surface area contributed by atoms with Crippen LogP contribution in [0.25, 0.3) is 0 Å². The summed E-state index contributed by atoms with van der Waals surface area (Å²) in [6.07, 6.45) is 0. The van der Waals surface area contributed by atoms with Crippen molar-refractivity contribution in [3.05, 3.63) is 52.0 Å². The van der Waals surface area contributed by atoms with E-state index in [4.69, 9.17) is 9.47 Å². The van der Waals surface area contributed by atoms with Gasteiger partial charge in [0.2, 0.25) is 6.79 Å². The normalized spacial score (nSPS) is 12.3. The van der Waals surface area contributed by atoms with Gasteiger partial charge in [-0.3, -0.25) is 4.79 Å². The second kappa shape index (κ2) is 5.17. The summed E-state index contributed by atoms with van der Waals surface area (Å²) in [6.45, 7) is 2.15. The summed E-state index contributed by atoms with van der Waals surface area (Å²) in [4.78, 5) is 12.2. The van der Waals surface area contributed by atoms with Crippen molar-refractivity contribution in [2.75, 3.05) is 12.1 Å². The van der Waals surface area contributed by atoms with Gasteiger partial charge in [-0.25, -0.2) is 0 Å². The van der Waals surface area contributed by atoms with Crippen LogP contribution in [0, 0.1) is 6.92 Å².